The van der Waals surface area contributed by atoms with Gasteiger partial charge in [-0.25, -0.2) is 4.98 Å². The standard InChI is InChI=1S/C9H11ClN2OS/c1-3-14-7-5-4-6(10)8(12-7)9(13)11-2/h4-5H,3H2,1-2H3,(H,11,13). The van der Waals surface area contributed by atoms with Crippen LogP contribution >= 0.6 is 23.4 Å². The van der Waals surface area contributed by atoms with Crippen molar-refractivity contribution in [1.82, 2.24) is 10.3 Å². The predicted octanol–water partition coefficient (Wildman–Crippen LogP) is 2.21. The first kappa shape index (κ1) is 11.3. The van der Waals surface area contributed by atoms with Gasteiger partial charge in [0.2, 0.25) is 0 Å². The van der Waals surface area contributed by atoms with E-state index in [-0.39, 0.29) is 11.6 Å². The molecule has 76 valence electrons. The molecule has 5 heteroatoms. The second-order valence-electron chi connectivity index (χ2n) is 2.49. The molecule has 1 amide bonds. The van der Waals surface area contributed by atoms with Gasteiger partial charge in [-0.3, -0.25) is 4.79 Å². The first-order valence-electron chi connectivity index (χ1n) is 4.20. The molecule has 1 N–H and O–H groups in total. The molecule has 1 heterocycles. The van der Waals surface area contributed by atoms with Gasteiger partial charge in [-0.1, -0.05) is 18.5 Å². The zero-order valence-corrected chi connectivity index (χ0v) is 9.58. The van der Waals surface area contributed by atoms with E-state index in [0.29, 0.717) is 5.02 Å². The summed E-state index contributed by atoms with van der Waals surface area (Å²) in [6.07, 6.45) is 0. The number of carbonyl (C=O) groups is 1. The van der Waals surface area contributed by atoms with Gasteiger partial charge in [0.05, 0.1) is 10.0 Å². The molecule has 0 saturated heterocycles. The monoisotopic (exact) mass is 230 g/mol. The maximum Gasteiger partial charge on any atom is 0.271 e. The Labute approximate surface area is 92.2 Å². The van der Waals surface area contributed by atoms with Crippen molar-refractivity contribution in [3.8, 4) is 0 Å². The Morgan fingerprint density at radius 3 is 2.93 bits per heavy atom. The molecule has 14 heavy (non-hydrogen) atoms. The SMILES string of the molecule is CCSc1ccc(Cl)c(C(=O)NC)n1. The minimum Gasteiger partial charge on any atom is -0.354 e. The fraction of sp³-hybridized carbons (Fsp3) is 0.333. The highest BCUT2D eigenvalue weighted by Crippen LogP contribution is 2.20. The predicted molar refractivity (Wildman–Crippen MR) is 59.0 cm³/mol. The summed E-state index contributed by atoms with van der Waals surface area (Å²) in [7, 11) is 1.56. The number of nitrogens with one attached hydrogen (secondary N) is 1. The van der Waals surface area contributed by atoms with Crippen molar-refractivity contribution >= 4 is 29.3 Å². The molecule has 0 aliphatic carbocycles. The van der Waals surface area contributed by atoms with E-state index < -0.39 is 0 Å². The Balaban J connectivity index is 3.01. The zero-order chi connectivity index (χ0) is 10.6. The van der Waals surface area contributed by atoms with Crippen molar-refractivity contribution in [2.45, 2.75) is 11.9 Å². The van der Waals surface area contributed by atoms with Crippen LogP contribution in [0.5, 0.6) is 0 Å². The van der Waals surface area contributed by atoms with E-state index in [4.69, 9.17) is 11.6 Å². The van der Waals surface area contributed by atoms with Gasteiger partial charge in [0.1, 0.15) is 5.69 Å². The van der Waals surface area contributed by atoms with Crippen molar-refractivity contribution in [3.63, 3.8) is 0 Å². The van der Waals surface area contributed by atoms with Gasteiger partial charge in [0.15, 0.2) is 0 Å². The van der Waals surface area contributed by atoms with Crippen LogP contribution in [0, 0.1) is 0 Å². The summed E-state index contributed by atoms with van der Waals surface area (Å²) in [5, 5.41) is 3.69. The highest BCUT2D eigenvalue weighted by molar-refractivity contribution is 7.99. The topological polar surface area (TPSA) is 42.0 Å². The third-order valence-electron chi connectivity index (χ3n) is 1.55. The second kappa shape index (κ2) is 5.22. The summed E-state index contributed by atoms with van der Waals surface area (Å²) in [6, 6.07) is 3.50. The van der Waals surface area contributed by atoms with Crippen molar-refractivity contribution in [1.29, 1.82) is 0 Å². The molecule has 0 saturated carbocycles. The first-order valence-corrected chi connectivity index (χ1v) is 5.56. The average Bonchev–Trinajstić information content (AvgIpc) is 2.20. The van der Waals surface area contributed by atoms with Crippen LogP contribution in [-0.2, 0) is 0 Å². The molecule has 3 nitrogen and oxygen atoms in total. The normalized spacial score (nSPS) is 9.93. The van der Waals surface area contributed by atoms with E-state index in [1.807, 2.05) is 13.0 Å². The van der Waals surface area contributed by atoms with Gasteiger partial charge in [-0.2, -0.15) is 0 Å². The van der Waals surface area contributed by atoms with Gasteiger partial charge in [0.25, 0.3) is 5.91 Å². The summed E-state index contributed by atoms with van der Waals surface area (Å²) in [5.74, 6) is 0.662. The number of thioether (sulfide) groups is 1. The minimum atomic E-state index is -0.256. The number of halogens is 1. The summed E-state index contributed by atoms with van der Waals surface area (Å²) < 4.78 is 0. The Morgan fingerprint density at radius 1 is 1.64 bits per heavy atom. The van der Waals surface area contributed by atoms with Crippen LogP contribution in [0.15, 0.2) is 17.2 Å². The number of nitrogens with zero attached hydrogens (tertiary/aromatic N) is 1. The van der Waals surface area contributed by atoms with E-state index in [2.05, 4.69) is 10.3 Å². The summed E-state index contributed by atoms with van der Waals surface area (Å²) >= 11 is 7.41. The number of aromatic nitrogens is 1. The number of carbonyl (C=O) groups excluding carboxylic acids is 1. The highest BCUT2D eigenvalue weighted by Gasteiger charge is 2.11. The van der Waals surface area contributed by atoms with Crippen LogP contribution < -0.4 is 5.32 Å². The second-order valence-corrected chi connectivity index (χ2v) is 4.18. The molecule has 0 aliphatic rings. The van der Waals surface area contributed by atoms with E-state index in [1.54, 1.807) is 24.9 Å². The molecule has 0 aliphatic heterocycles. The molecule has 0 fully saturated rings. The third-order valence-corrected chi connectivity index (χ3v) is 2.67. The fourth-order valence-corrected chi connectivity index (χ4v) is 1.74. The molecular weight excluding hydrogens is 220 g/mol. The Kier molecular flexibility index (Phi) is 4.22. The lowest BCUT2D eigenvalue weighted by Crippen LogP contribution is -2.19. The van der Waals surface area contributed by atoms with Crippen LogP contribution in [0.3, 0.4) is 0 Å². The maximum absolute atomic E-state index is 11.3. The summed E-state index contributed by atoms with van der Waals surface area (Å²) in [5.41, 5.74) is 0.285. The van der Waals surface area contributed by atoms with Crippen molar-refractivity contribution < 1.29 is 4.79 Å². The number of amides is 1. The molecule has 0 aromatic carbocycles. The third kappa shape index (κ3) is 2.62. The smallest absolute Gasteiger partial charge is 0.271 e. The summed E-state index contributed by atoms with van der Waals surface area (Å²) in [4.78, 5) is 15.5. The number of pyridine rings is 1. The van der Waals surface area contributed by atoms with Crippen LogP contribution in [0.1, 0.15) is 17.4 Å². The van der Waals surface area contributed by atoms with Crippen LogP contribution in [-0.4, -0.2) is 23.7 Å². The van der Waals surface area contributed by atoms with Gasteiger partial charge < -0.3 is 5.32 Å². The van der Waals surface area contributed by atoms with E-state index in [9.17, 15) is 4.79 Å². The molecule has 0 unspecified atom stereocenters. The number of hydrogen-bond acceptors (Lipinski definition) is 3. The van der Waals surface area contributed by atoms with E-state index in [0.717, 1.165) is 10.8 Å². The lowest BCUT2D eigenvalue weighted by Gasteiger charge is -2.04. The average molecular weight is 231 g/mol. The van der Waals surface area contributed by atoms with Gasteiger partial charge in [0, 0.05) is 7.05 Å². The van der Waals surface area contributed by atoms with Crippen molar-refractivity contribution in [2.75, 3.05) is 12.8 Å². The largest absolute Gasteiger partial charge is 0.354 e. The Morgan fingerprint density at radius 2 is 2.36 bits per heavy atom. The molecule has 0 radical (unpaired) electrons. The minimum absolute atomic E-state index is 0.256. The Hall–Kier alpha value is -0.740. The van der Waals surface area contributed by atoms with Gasteiger partial charge in [-0.15, -0.1) is 11.8 Å². The van der Waals surface area contributed by atoms with Crippen LogP contribution in [0.2, 0.25) is 5.02 Å². The lowest BCUT2D eigenvalue weighted by atomic mass is 10.3. The molecule has 0 atom stereocenters. The maximum atomic E-state index is 11.3. The molecule has 0 bridgehead atoms. The molecule has 1 aromatic rings. The quantitative estimate of drug-likeness (QED) is 0.810. The molecule has 0 spiro atoms. The van der Waals surface area contributed by atoms with Gasteiger partial charge in [-0.05, 0) is 17.9 Å². The van der Waals surface area contributed by atoms with Crippen molar-refractivity contribution in [3.05, 3.63) is 22.8 Å². The zero-order valence-electron chi connectivity index (χ0n) is 8.00. The first-order chi connectivity index (χ1) is 6.69. The fourth-order valence-electron chi connectivity index (χ4n) is 0.930. The van der Waals surface area contributed by atoms with E-state index in [1.165, 1.54) is 0 Å². The summed E-state index contributed by atoms with van der Waals surface area (Å²) in [6.45, 7) is 2.03. The number of rotatable bonds is 3. The van der Waals surface area contributed by atoms with Gasteiger partial charge >= 0.3 is 0 Å². The molecule has 1 aromatic heterocycles. The molecule has 1 rings (SSSR count). The Bertz CT molecular complexity index is 344. The van der Waals surface area contributed by atoms with Crippen molar-refractivity contribution in [2.24, 2.45) is 0 Å². The molecular formula is C9H11ClN2OS. The number of hydrogen-bond donors (Lipinski definition) is 1. The van der Waals surface area contributed by atoms with Crippen LogP contribution in [0.25, 0.3) is 0 Å². The van der Waals surface area contributed by atoms with E-state index >= 15 is 0 Å². The van der Waals surface area contributed by atoms with Crippen LogP contribution in [0.4, 0.5) is 0 Å². The highest BCUT2D eigenvalue weighted by atomic mass is 35.5. The lowest BCUT2D eigenvalue weighted by molar-refractivity contribution is 0.0957.